The second kappa shape index (κ2) is 11.7. The Labute approximate surface area is 254 Å². The van der Waals surface area contributed by atoms with Gasteiger partial charge >= 0.3 is 5.97 Å². The van der Waals surface area contributed by atoms with Gasteiger partial charge in [0.1, 0.15) is 12.4 Å². The molecule has 8 nitrogen and oxygen atoms in total. The van der Waals surface area contributed by atoms with Crippen molar-refractivity contribution in [2.24, 2.45) is 4.99 Å². The molecule has 0 bridgehead atoms. The van der Waals surface area contributed by atoms with Crippen LogP contribution in [0, 0.1) is 0 Å². The van der Waals surface area contributed by atoms with Crippen molar-refractivity contribution >= 4 is 46.6 Å². The van der Waals surface area contributed by atoms with Gasteiger partial charge in [-0.25, -0.2) is 9.79 Å². The molecule has 2 aliphatic heterocycles. The zero-order valence-electron chi connectivity index (χ0n) is 22.6. The maximum atomic E-state index is 14.0. The minimum atomic E-state index is -0.768. The topological polar surface area (TPSA) is 88.4 Å². The van der Waals surface area contributed by atoms with Gasteiger partial charge in [-0.3, -0.25) is 9.36 Å². The smallest absolute Gasteiger partial charge is 0.338 e. The quantitative estimate of drug-likeness (QED) is 0.256. The number of thiazole rings is 1. The van der Waals surface area contributed by atoms with E-state index in [2.05, 4.69) is 4.99 Å². The highest BCUT2D eigenvalue weighted by molar-refractivity contribution is 7.07. The average molecular weight is 624 g/mol. The van der Waals surface area contributed by atoms with Gasteiger partial charge in [0.2, 0.25) is 6.79 Å². The van der Waals surface area contributed by atoms with Gasteiger partial charge in [0.15, 0.2) is 16.3 Å². The number of fused-ring (bicyclic) bond motifs is 2. The molecule has 0 unspecified atom stereocenters. The van der Waals surface area contributed by atoms with E-state index in [9.17, 15) is 9.59 Å². The van der Waals surface area contributed by atoms with Crippen molar-refractivity contribution in [3.05, 3.63) is 118 Å². The third-order valence-corrected chi connectivity index (χ3v) is 8.40. The number of ether oxygens (including phenoxy) is 4. The van der Waals surface area contributed by atoms with Crippen molar-refractivity contribution in [2.45, 2.75) is 26.5 Å². The van der Waals surface area contributed by atoms with E-state index < -0.39 is 12.0 Å². The number of hydrogen-bond donors (Lipinski definition) is 0. The first-order valence-electron chi connectivity index (χ1n) is 13.1. The summed E-state index contributed by atoms with van der Waals surface area (Å²) in [4.78, 5) is 32.3. The number of halogens is 2. The molecule has 2 aliphatic rings. The van der Waals surface area contributed by atoms with E-state index in [0.717, 1.165) is 5.56 Å². The van der Waals surface area contributed by atoms with Gasteiger partial charge in [0, 0.05) is 21.2 Å². The minimum absolute atomic E-state index is 0.104. The van der Waals surface area contributed by atoms with Crippen LogP contribution in [0.25, 0.3) is 6.08 Å². The first-order chi connectivity index (χ1) is 20.3. The monoisotopic (exact) mass is 622 g/mol. The Hall–Kier alpha value is -4.05. The first kappa shape index (κ1) is 28.1. The summed E-state index contributed by atoms with van der Waals surface area (Å²) in [5, 5.41) is 1.05. The minimum Gasteiger partial charge on any atom is -0.488 e. The Morgan fingerprint density at radius 3 is 2.74 bits per heavy atom. The molecule has 0 spiro atoms. The molecule has 1 atom stereocenters. The van der Waals surface area contributed by atoms with Crippen LogP contribution in [0.4, 0.5) is 0 Å². The lowest BCUT2D eigenvalue weighted by atomic mass is 9.95. The van der Waals surface area contributed by atoms with E-state index >= 15 is 0 Å². The summed E-state index contributed by atoms with van der Waals surface area (Å²) in [6.07, 6.45) is 1.77. The lowest BCUT2D eigenvalue weighted by Crippen LogP contribution is -2.39. The number of rotatable bonds is 7. The Kier molecular flexibility index (Phi) is 7.81. The third-order valence-electron chi connectivity index (χ3n) is 6.83. The van der Waals surface area contributed by atoms with Crippen LogP contribution in [0.1, 0.15) is 36.6 Å². The molecule has 4 aromatic rings. The highest BCUT2D eigenvalue weighted by atomic mass is 35.5. The van der Waals surface area contributed by atoms with Gasteiger partial charge in [0.25, 0.3) is 5.56 Å². The summed E-state index contributed by atoms with van der Waals surface area (Å²) in [7, 11) is 0. The Balaban J connectivity index is 1.43. The van der Waals surface area contributed by atoms with Gasteiger partial charge in [-0.15, -0.1) is 0 Å². The van der Waals surface area contributed by atoms with Crippen LogP contribution in [0.3, 0.4) is 0 Å². The summed E-state index contributed by atoms with van der Waals surface area (Å²) in [5.41, 5.74) is 2.62. The molecule has 1 aromatic heterocycles. The number of carbonyl (C=O) groups is 1. The molecule has 0 N–H and O–H groups in total. The summed E-state index contributed by atoms with van der Waals surface area (Å²) in [6, 6.07) is 17.2. The summed E-state index contributed by atoms with van der Waals surface area (Å²) in [6.45, 7) is 3.99. The molecule has 0 amide bonds. The largest absolute Gasteiger partial charge is 0.488 e. The predicted octanol–water partition coefficient (Wildman–Crippen LogP) is 5.41. The van der Waals surface area contributed by atoms with E-state index in [0.29, 0.717) is 59.0 Å². The fourth-order valence-corrected chi connectivity index (χ4v) is 6.36. The van der Waals surface area contributed by atoms with Crippen LogP contribution in [-0.2, 0) is 16.1 Å². The Morgan fingerprint density at radius 1 is 1.12 bits per heavy atom. The highest BCUT2D eigenvalue weighted by Gasteiger charge is 2.34. The molecule has 0 saturated heterocycles. The van der Waals surface area contributed by atoms with E-state index in [1.54, 1.807) is 44.2 Å². The van der Waals surface area contributed by atoms with Crippen LogP contribution >= 0.6 is 34.5 Å². The van der Waals surface area contributed by atoms with Gasteiger partial charge in [-0.2, -0.15) is 0 Å². The molecule has 0 radical (unpaired) electrons. The molecule has 0 saturated carbocycles. The summed E-state index contributed by atoms with van der Waals surface area (Å²) in [5.74, 6) is 1.18. The first-order valence-corrected chi connectivity index (χ1v) is 14.7. The van der Waals surface area contributed by atoms with Crippen LogP contribution in [-0.4, -0.2) is 23.9 Å². The van der Waals surface area contributed by atoms with Crippen molar-refractivity contribution in [3.63, 3.8) is 0 Å². The molecule has 6 rings (SSSR count). The number of hydrogen-bond acceptors (Lipinski definition) is 8. The van der Waals surface area contributed by atoms with E-state index in [-0.39, 0.29) is 25.6 Å². The van der Waals surface area contributed by atoms with Crippen molar-refractivity contribution in [1.29, 1.82) is 0 Å². The standard InChI is InChI=1S/C31H24Cl2N2O6S/c1-3-38-30(37)27-17(2)34-31-35(28(27)19-9-11-24-25(12-19)41-16-40-24)29(36)26(42-31)13-18-6-4-5-7-23(18)39-15-20-8-10-21(32)14-22(20)33/h4-14,28H,3,15-16H2,1-2H3/b26-13-/t28-/m1/s1. The van der Waals surface area contributed by atoms with E-state index in [4.69, 9.17) is 42.1 Å². The fourth-order valence-electron chi connectivity index (χ4n) is 4.86. The number of nitrogens with zero attached hydrogens (tertiary/aromatic N) is 2. The molecule has 214 valence electrons. The van der Waals surface area contributed by atoms with Crippen LogP contribution < -0.4 is 29.1 Å². The maximum Gasteiger partial charge on any atom is 0.338 e. The zero-order valence-corrected chi connectivity index (χ0v) is 24.9. The van der Waals surface area contributed by atoms with Crippen LogP contribution in [0.2, 0.25) is 10.0 Å². The molecule has 3 aromatic carbocycles. The Bertz CT molecular complexity index is 1930. The number of aromatic nitrogens is 1. The van der Waals surface area contributed by atoms with E-state index in [1.165, 1.54) is 15.9 Å². The maximum absolute atomic E-state index is 14.0. The number of para-hydroxylation sites is 1. The second-order valence-electron chi connectivity index (χ2n) is 9.48. The van der Waals surface area contributed by atoms with Crippen LogP contribution in [0.15, 0.2) is 81.7 Å². The number of esters is 1. The van der Waals surface area contributed by atoms with Crippen molar-refractivity contribution in [1.82, 2.24) is 4.57 Å². The molecular weight excluding hydrogens is 599 g/mol. The second-order valence-corrected chi connectivity index (χ2v) is 11.3. The molecule has 0 aliphatic carbocycles. The fraction of sp³-hybridized carbons (Fsp3) is 0.194. The van der Waals surface area contributed by atoms with Gasteiger partial charge in [0.05, 0.1) is 28.5 Å². The highest BCUT2D eigenvalue weighted by Crippen LogP contribution is 2.38. The molecule has 11 heteroatoms. The molecule has 42 heavy (non-hydrogen) atoms. The van der Waals surface area contributed by atoms with Gasteiger partial charge in [-0.1, -0.05) is 64.9 Å². The third kappa shape index (κ3) is 5.31. The Morgan fingerprint density at radius 2 is 1.93 bits per heavy atom. The zero-order chi connectivity index (χ0) is 29.4. The van der Waals surface area contributed by atoms with Gasteiger partial charge < -0.3 is 18.9 Å². The molecule has 0 fully saturated rings. The number of allylic oxidation sites excluding steroid dienone is 1. The number of benzene rings is 3. The SMILES string of the molecule is CCOC(=O)C1=C(C)N=c2s/c(=C\c3ccccc3OCc3ccc(Cl)cc3Cl)c(=O)n2[C@@H]1c1ccc2c(c1)OCO2. The lowest BCUT2D eigenvalue weighted by molar-refractivity contribution is -0.139. The molecular formula is C31H24Cl2N2O6S. The van der Waals surface area contributed by atoms with Crippen molar-refractivity contribution < 1.29 is 23.7 Å². The van der Waals surface area contributed by atoms with Crippen LogP contribution in [0.5, 0.6) is 17.2 Å². The summed E-state index contributed by atoms with van der Waals surface area (Å²) >= 11 is 13.6. The van der Waals surface area contributed by atoms with Crippen molar-refractivity contribution in [2.75, 3.05) is 13.4 Å². The number of carbonyl (C=O) groups excluding carboxylic acids is 1. The lowest BCUT2D eigenvalue weighted by Gasteiger charge is -2.24. The molecule has 3 heterocycles. The van der Waals surface area contributed by atoms with Gasteiger partial charge in [-0.05, 0) is 55.8 Å². The average Bonchev–Trinajstić information content (AvgIpc) is 3.56. The van der Waals surface area contributed by atoms with E-state index in [1.807, 2.05) is 36.4 Å². The normalized spacial score (nSPS) is 15.8. The van der Waals surface area contributed by atoms with Crippen molar-refractivity contribution in [3.8, 4) is 17.2 Å². The predicted molar refractivity (Wildman–Crippen MR) is 160 cm³/mol. The summed E-state index contributed by atoms with van der Waals surface area (Å²) < 4.78 is 24.5.